The minimum absolute atomic E-state index is 0.0670. The molecular weight excluding hydrogens is 336 g/mol. The van der Waals surface area contributed by atoms with E-state index in [2.05, 4.69) is 23.8 Å². The molecular formula is C24H40O3. The van der Waals surface area contributed by atoms with Crippen LogP contribution in [0.25, 0.3) is 0 Å². The summed E-state index contributed by atoms with van der Waals surface area (Å²) in [6, 6.07) is 0. The molecule has 1 saturated heterocycles. The molecule has 3 heteroatoms. The molecule has 0 amide bonds. The molecule has 1 spiro atoms. The highest BCUT2D eigenvalue weighted by Crippen LogP contribution is 2.49. The number of rotatable bonds is 14. The Balaban J connectivity index is 1.47. The maximum absolute atomic E-state index is 11.9. The van der Waals surface area contributed by atoms with Gasteiger partial charge in [-0.3, -0.25) is 9.59 Å². The first kappa shape index (κ1) is 22.2. The van der Waals surface area contributed by atoms with Crippen LogP contribution in [0.3, 0.4) is 0 Å². The molecule has 1 saturated carbocycles. The number of ether oxygens (including phenoxy) is 1. The first-order chi connectivity index (χ1) is 13.2. The highest BCUT2D eigenvalue weighted by Gasteiger charge is 2.62. The summed E-state index contributed by atoms with van der Waals surface area (Å²) in [7, 11) is 0. The second-order valence-electron chi connectivity index (χ2n) is 8.61. The van der Waals surface area contributed by atoms with Gasteiger partial charge < -0.3 is 4.74 Å². The topological polar surface area (TPSA) is 43.4 Å². The van der Waals surface area contributed by atoms with Gasteiger partial charge in [0.15, 0.2) is 5.41 Å². The van der Waals surface area contributed by atoms with Crippen LogP contribution in [0.5, 0.6) is 0 Å². The van der Waals surface area contributed by atoms with Gasteiger partial charge >= 0.3 is 11.9 Å². The Hall–Kier alpha value is -1.12. The molecule has 2 fully saturated rings. The summed E-state index contributed by atoms with van der Waals surface area (Å²) in [6.45, 7) is 2.27. The summed E-state index contributed by atoms with van der Waals surface area (Å²) in [5, 5.41) is 0. The lowest BCUT2D eigenvalue weighted by molar-refractivity contribution is -0.203. The van der Waals surface area contributed by atoms with Gasteiger partial charge in [0.1, 0.15) is 0 Å². The third-order valence-electron chi connectivity index (χ3n) is 6.48. The van der Waals surface area contributed by atoms with Crippen molar-refractivity contribution in [1.29, 1.82) is 0 Å². The maximum Gasteiger partial charge on any atom is 0.331 e. The summed E-state index contributed by atoms with van der Waals surface area (Å²) < 4.78 is 4.67. The lowest BCUT2D eigenvalue weighted by Gasteiger charge is -2.43. The van der Waals surface area contributed by atoms with Gasteiger partial charge in [-0.05, 0) is 25.7 Å². The van der Waals surface area contributed by atoms with Crippen molar-refractivity contribution in [2.24, 2.45) is 11.3 Å². The summed E-state index contributed by atoms with van der Waals surface area (Å²) in [4.78, 5) is 23.8. The predicted molar refractivity (Wildman–Crippen MR) is 110 cm³/mol. The highest BCUT2D eigenvalue weighted by molar-refractivity contribution is 6.14. The predicted octanol–water partition coefficient (Wildman–Crippen LogP) is 6.89. The van der Waals surface area contributed by atoms with Crippen molar-refractivity contribution in [2.75, 3.05) is 0 Å². The van der Waals surface area contributed by atoms with Gasteiger partial charge in [-0.15, -0.1) is 0 Å². The number of cyclic esters (lactones) is 2. The van der Waals surface area contributed by atoms with Gasteiger partial charge in [0.25, 0.3) is 0 Å². The molecule has 0 aromatic carbocycles. The van der Waals surface area contributed by atoms with E-state index in [1.165, 1.54) is 77.0 Å². The molecule has 0 radical (unpaired) electrons. The van der Waals surface area contributed by atoms with E-state index in [4.69, 9.17) is 0 Å². The standard InChI is InChI=1S/C24H40O3/c1-2-3-4-5-6-7-8-9-10-11-12-13-14-15-18-21-19-16-17-20-24(21)22(25)27-23(24)26/h15,18,21H,2-14,16-17,19-20H2,1H3. The Kier molecular flexibility index (Phi) is 10.2. The number of allylic oxidation sites excluding steroid dienone is 2. The average Bonchev–Trinajstić information content (AvgIpc) is 2.68. The lowest BCUT2D eigenvalue weighted by atomic mass is 9.63. The Morgan fingerprint density at radius 3 is 1.96 bits per heavy atom. The molecule has 2 rings (SSSR count). The number of hydrogen-bond acceptors (Lipinski definition) is 3. The van der Waals surface area contributed by atoms with Crippen LogP contribution in [0.4, 0.5) is 0 Å². The van der Waals surface area contributed by atoms with Gasteiger partial charge in [0.2, 0.25) is 0 Å². The lowest BCUT2D eigenvalue weighted by Crippen LogP contribution is -2.58. The molecule has 1 aliphatic heterocycles. The Labute approximate surface area is 166 Å². The third kappa shape index (κ3) is 6.47. The molecule has 1 aliphatic carbocycles. The molecule has 0 N–H and O–H groups in total. The Morgan fingerprint density at radius 2 is 1.41 bits per heavy atom. The van der Waals surface area contributed by atoms with Crippen molar-refractivity contribution in [1.82, 2.24) is 0 Å². The van der Waals surface area contributed by atoms with Crippen LogP contribution in [-0.2, 0) is 14.3 Å². The van der Waals surface area contributed by atoms with E-state index in [1.54, 1.807) is 0 Å². The zero-order valence-electron chi connectivity index (χ0n) is 17.5. The van der Waals surface area contributed by atoms with Crippen LogP contribution < -0.4 is 0 Å². The molecule has 1 atom stereocenters. The monoisotopic (exact) mass is 376 g/mol. The number of carbonyl (C=O) groups excluding carboxylic acids is 2. The highest BCUT2D eigenvalue weighted by atomic mass is 16.6. The van der Waals surface area contributed by atoms with Gasteiger partial charge in [0.05, 0.1) is 0 Å². The van der Waals surface area contributed by atoms with E-state index >= 15 is 0 Å². The number of carbonyl (C=O) groups is 2. The van der Waals surface area contributed by atoms with Crippen LogP contribution in [-0.4, -0.2) is 11.9 Å². The van der Waals surface area contributed by atoms with Gasteiger partial charge in [0, 0.05) is 5.92 Å². The van der Waals surface area contributed by atoms with E-state index in [-0.39, 0.29) is 17.9 Å². The van der Waals surface area contributed by atoms with Crippen LogP contribution >= 0.6 is 0 Å². The minimum atomic E-state index is -0.814. The molecule has 0 aromatic rings. The fourth-order valence-corrected chi connectivity index (χ4v) is 4.63. The van der Waals surface area contributed by atoms with Crippen molar-refractivity contribution in [2.45, 2.75) is 116 Å². The summed E-state index contributed by atoms with van der Waals surface area (Å²) in [5.41, 5.74) is -0.814. The molecule has 0 aromatic heterocycles. The maximum atomic E-state index is 11.9. The molecule has 1 heterocycles. The van der Waals surface area contributed by atoms with Gasteiger partial charge in [-0.2, -0.15) is 0 Å². The SMILES string of the molecule is CCCCCCCCCCCCCCC=CC1CCCCC12C(=O)OC2=O. The third-order valence-corrected chi connectivity index (χ3v) is 6.48. The second-order valence-corrected chi connectivity index (χ2v) is 8.61. The van der Waals surface area contributed by atoms with E-state index in [0.29, 0.717) is 6.42 Å². The smallest absolute Gasteiger partial charge is 0.331 e. The summed E-state index contributed by atoms with van der Waals surface area (Å²) in [5.74, 6) is -0.503. The normalized spacial score (nSPS) is 21.6. The average molecular weight is 377 g/mol. The van der Waals surface area contributed by atoms with Crippen molar-refractivity contribution >= 4 is 11.9 Å². The fourth-order valence-electron chi connectivity index (χ4n) is 4.63. The van der Waals surface area contributed by atoms with Crippen LogP contribution in [0, 0.1) is 11.3 Å². The molecule has 2 aliphatic rings. The van der Waals surface area contributed by atoms with E-state index < -0.39 is 5.41 Å². The van der Waals surface area contributed by atoms with Crippen LogP contribution in [0.2, 0.25) is 0 Å². The molecule has 154 valence electrons. The largest absolute Gasteiger partial charge is 0.391 e. The first-order valence-electron chi connectivity index (χ1n) is 11.6. The van der Waals surface area contributed by atoms with Crippen LogP contribution in [0.15, 0.2) is 12.2 Å². The first-order valence-corrected chi connectivity index (χ1v) is 11.6. The minimum Gasteiger partial charge on any atom is -0.391 e. The van der Waals surface area contributed by atoms with Crippen molar-refractivity contribution in [3.8, 4) is 0 Å². The molecule has 3 nitrogen and oxygen atoms in total. The summed E-state index contributed by atoms with van der Waals surface area (Å²) in [6.07, 6.45) is 25.5. The summed E-state index contributed by atoms with van der Waals surface area (Å²) >= 11 is 0. The molecule has 1 unspecified atom stereocenters. The fraction of sp³-hybridized carbons (Fsp3) is 0.833. The van der Waals surface area contributed by atoms with E-state index in [9.17, 15) is 9.59 Å². The van der Waals surface area contributed by atoms with Crippen molar-refractivity contribution in [3.63, 3.8) is 0 Å². The van der Waals surface area contributed by atoms with Gasteiger partial charge in [-0.1, -0.05) is 103 Å². The number of esters is 2. The van der Waals surface area contributed by atoms with E-state index in [0.717, 1.165) is 25.7 Å². The molecule has 0 bridgehead atoms. The van der Waals surface area contributed by atoms with Gasteiger partial charge in [-0.25, -0.2) is 0 Å². The quantitative estimate of drug-likeness (QED) is 0.143. The van der Waals surface area contributed by atoms with Crippen molar-refractivity contribution in [3.05, 3.63) is 12.2 Å². The zero-order chi connectivity index (χ0) is 19.4. The Bertz CT molecular complexity index is 466. The number of unbranched alkanes of at least 4 members (excludes halogenated alkanes) is 12. The van der Waals surface area contributed by atoms with Crippen molar-refractivity contribution < 1.29 is 14.3 Å². The molecule has 27 heavy (non-hydrogen) atoms. The second kappa shape index (κ2) is 12.4. The van der Waals surface area contributed by atoms with E-state index in [1.807, 2.05) is 0 Å². The van der Waals surface area contributed by atoms with Crippen LogP contribution in [0.1, 0.15) is 116 Å². The number of hydrogen-bond donors (Lipinski definition) is 0. The Morgan fingerprint density at radius 1 is 0.852 bits per heavy atom. The zero-order valence-corrected chi connectivity index (χ0v) is 17.5.